The van der Waals surface area contributed by atoms with Gasteiger partial charge in [0.1, 0.15) is 12.1 Å². The fourth-order valence-electron chi connectivity index (χ4n) is 5.53. The van der Waals surface area contributed by atoms with Crippen molar-refractivity contribution in [2.75, 3.05) is 26.2 Å². The van der Waals surface area contributed by atoms with E-state index in [0.29, 0.717) is 49.6 Å². The molecule has 2 N–H and O–H groups in total. The summed E-state index contributed by atoms with van der Waals surface area (Å²) in [5.41, 5.74) is 0. The van der Waals surface area contributed by atoms with Gasteiger partial charge in [-0.15, -0.1) is 35.0 Å². The third-order valence-electron chi connectivity index (χ3n) is 7.00. The Labute approximate surface area is 200 Å². The topological polar surface area (TPSA) is 122 Å². The zero-order valence-corrected chi connectivity index (χ0v) is 20.2. The summed E-state index contributed by atoms with van der Waals surface area (Å²) in [5, 5.41) is 25.0. The van der Waals surface area contributed by atoms with Crippen LogP contribution in [0.3, 0.4) is 0 Å². The van der Waals surface area contributed by atoms with E-state index in [4.69, 9.17) is 4.74 Å². The van der Waals surface area contributed by atoms with E-state index in [0.717, 1.165) is 32.4 Å². The van der Waals surface area contributed by atoms with Crippen LogP contribution in [-0.4, -0.2) is 80.5 Å². The fourth-order valence-corrected chi connectivity index (χ4v) is 5.53. The number of aromatic nitrogens is 4. The summed E-state index contributed by atoms with van der Waals surface area (Å²) >= 11 is 0. The molecule has 4 rings (SSSR count). The summed E-state index contributed by atoms with van der Waals surface area (Å²) < 4.78 is 5.34. The number of nitrogens with zero attached hydrogens (tertiary/aromatic N) is 5. The number of aryl methyl sites for hydroxylation is 1. The number of carboxylic acids is 1. The average Bonchev–Trinajstić information content (AvgIpc) is 3.34. The van der Waals surface area contributed by atoms with Crippen molar-refractivity contribution in [3.8, 4) is 0 Å². The molecule has 10 nitrogen and oxygen atoms in total. The molecule has 1 aromatic heterocycles. The third kappa shape index (κ3) is 5.89. The van der Waals surface area contributed by atoms with E-state index < -0.39 is 12.0 Å². The van der Waals surface area contributed by atoms with Crippen LogP contribution in [0.1, 0.15) is 50.9 Å². The minimum Gasteiger partial charge on any atom is -0.480 e. The van der Waals surface area contributed by atoms with E-state index in [1.54, 1.807) is 11.7 Å². The third-order valence-corrected chi connectivity index (χ3v) is 7.00. The number of halogens is 2. The highest BCUT2D eigenvalue weighted by atomic mass is 35.5. The number of fused-ring (bicyclic) bond motifs is 1. The summed E-state index contributed by atoms with van der Waals surface area (Å²) in [6.07, 6.45) is 4.56. The number of likely N-dealkylation sites (tertiary alicyclic amines) is 1. The molecule has 6 atom stereocenters. The number of carbonyl (C=O) groups excluding carboxylic acids is 1. The summed E-state index contributed by atoms with van der Waals surface area (Å²) in [7, 11) is 0. The van der Waals surface area contributed by atoms with Crippen molar-refractivity contribution in [2.24, 2.45) is 17.8 Å². The van der Waals surface area contributed by atoms with Gasteiger partial charge in [0, 0.05) is 13.1 Å². The first kappa shape index (κ1) is 26.8. The monoisotopic (exact) mass is 492 g/mol. The van der Waals surface area contributed by atoms with Crippen molar-refractivity contribution in [2.45, 2.75) is 64.1 Å². The first-order chi connectivity index (χ1) is 14.4. The van der Waals surface area contributed by atoms with Gasteiger partial charge in [0.25, 0.3) is 0 Å². The molecule has 0 unspecified atom stereocenters. The van der Waals surface area contributed by atoms with Crippen molar-refractivity contribution in [1.82, 2.24) is 30.4 Å². The quantitative estimate of drug-likeness (QED) is 0.568. The van der Waals surface area contributed by atoms with Crippen molar-refractivity contribution in [3.63, 3.8) is 0 Å². The van der Waals surface area contributed by atoms with Gasteiger partial charge in [-0.2, -0.15) is 4.80 Å². The number of tetrazole rings is 1. The van der Waals surface area contributed by atoms with Crippen LogP contribution in [0.2, 0.25) is 0 Å². The van der Waals surface area contributed by atoms with E-state index in [2.05, 4.69) is 25.6 Å². The van der Waals surface area contributed by atoms with E-state index in [9.17, 15) is 14.7 Å². The SMILES string of the molecule is CCOC(=O)[C@@H]1C[C@H](n2nnc(C)n2)CN1C[C@H]1CC[C@H]2CN[C@H](C(=O)O)C[C@H]2C1.Cl.Cl. The maximum absolute atomic E-state index is 12.6. The van der Waals surface area contributed by atoms with Gasteiger partial charge in [0.2, 0.25) is 0 Å². The van der Waals surface area contributed by atoms with Crippen molar-refractivity contribution >= 4 is 36.8 Å². The molecule has 1 aromatic rings. The van der Waals surface area contributed by atoms with Crippen LogP contribution >= 0.6 is 24.8 Å². The molecule has 0 amide bonds. The van der Waals surface area contributed by atoms with Gasteiger partial charge in [0.15, 0.2) is 5.82 Å². The molecule has 32 heavy (non-hydrogen) atoms. The van der Waals surface area contributed by atoms with Crippen LogP contribution in [-0.2, 0) is 14.3 Å². The molecule has 182 valence electrons. The largest absolute Gasteiger partial charge is 0.480 e. The number of hydrogen-bond acceptors (Lipinski definition) is 8. The zero-order chi connectivity index (χ0) is 21.3. The Bertz CT molecular complexity index is 781. The van der Waals surface area contributed by atoms with E-state index in [1.807, 2.05) is 6.92 Å². The van der Waals surface area contributed by atoms with Gasteiger partial charge < -0.3 is 15.2 Å². The number of ether oxygens (including phenoxy) is 1. The minimum absolute atomic E-state index is 0. The molecule has 1 saturated carbocycles. The Morgan fingerprint density at radius 2 is 1.97 bits per heavy atom. The van der Waals surface area contributed by atoms with Crippen molar-refractivity contribution < 1.29 is 19.4 Å². The molecule has 0 spiro atoms. The van der Waals surface area contributed by atoms with E-state index >= 15 is 0 Å². The predicted octanol–water partition coefficient (Wildman–Crippen LogP) is 1.48. The number of carbonyl (C=O) groups is 2. The number of carboxylic acid groups (broad SMARTS) is 1. The first-order valence-corrected chi connectivity index (χ1v) is 11.1. The maximum Gasteiger partial charge on any atom is 0.323 e. The normalized spacial score (nSPS) is 32.3. The van der Waals surface area contributed by atoms with Gasteiger partial charge in [0.05, 0.1) is 12.6 Å². The summed E-state index contributed by atoms with van der Waals surface area (Å²) in [4.78, 5) is 27.9. The number of piperidine rings is 1. The van der Waals surface area contributed by atoms with Crippen molar-refractivity contribution in [3.05, 3.63) is 5.82 Å². The van der Waals surface area contributed by atoms with Gasteiger partial charge in [-0.25, -0.2) is 0 Å². The lowest BCUT2D eigenvalue weighted by atomic mass is 9.69. The number of nitrogens with one attached hydrogen (secondary N) is 1. The zero-order valence-electron chi connectivity index (χ0n) is 18.6. The highest BCUT2D eigenvalue weighted by Gasteiger charge is 2.43. The molecule has 0 bridgehead atoms. The number of rotatable bonds is 6. The summed E-state index contributed by atoms with van der Waals surface area (Å²) in [5.74, 6) is 1.14. The van der Waals surface area contributed by atoms with Gasteiger partial charge >= 0.3 is 11.9 Å². The predicted molar refractivity (Wildman–Crippen MR) is 121 cm³/mol. The number of aliphatic carboxylic acids is 1. The fraction of sp³-hybridized carbons (Fsp3) is 0.850. The highest BCUT2D eigenvalue weighted by molar-refractivity contribution is 5.85. The highest BCUT2D eigenvalue weighted by Crippen LogP contribution is 2.40. The van der Waals surface area contributed by atoms with Crippen LogP contribution in [0.25, 0.3) is 0 Å². The summed E-state index contributed by atoms with van der Waals surface area (Å²) in [6, 6.07) is -0.721. The molecule has 0 radical (unpaired) electrons. The first-order valence-electron chi connectivity index (χ1n) is 11.1. The van der Waals surface area contributed by atoms with E-state index in [-0.39, 0.29) is 42.9 Å². The molecule has 0 aromatic carbocycles. The second kappa shape index (κ2) is 11.6. The van der Waals surface area contributed by atoms with Crippen LogP contribution < -0.4 is 5.32 Å². The molecular formula is C20H34Cl2N6O4. The molecule has 2 aliphatic heterocycles. The number of esters is 1. The Morgan fingerprint density at radius 1 is 1.19 bits per heavy atom. The average molecular weight is 493 g/mol. The standard InChI is InChI=1S/C20H32N6O4.2ClH/c1-3-30-20(29)18-8-16(26-23-12(2)22-24-26)11-25(18)10-13-4-5-14-9-21-17(19(27)28)7-15(14)6-13;;/h13-18,21H,3-11H2,1-2H3,(H,27,28);2*1H/t13-,14-,15+,16-,17-,18-;;/m0../s1. The molecule has 1 aliphatic carbocycles. The van der Waals surface area contributed by atoms with Gasteiger partial charge in [-0.3, -0.25) is 14.5 Å². The van der Waals surface area contributed by atoms with Crippen molar-refractivity contribution in [1.29, 1.82) is 0 Å². The van der Waals surface area contributed by atoms with Gasteiger partial charge in [-0.1, -0.05) is 0 Å². The Kier molecular flexibility index (Phi) is 9.68. The van der Waals surface area contributed by atoms with Crippen LogP contribution in [0.15, 0.2) is 0 Å². The second-order valence-electron chi connectivity index (χ2n) is 9.00. The van der Waals surface area contributed by atoms with Crippen LogP contribution in [0.5, 0.6) is 0 Å². The lowest BCUT2D eigenvalue weighted by Gasteiger charge is -2.42. The second-order valence-corrected chi connectivity index (χ2v) is 9.00. The maximum atomic E-state index is 12.6. The molecule has 3 aliphatic rings. The minimum atomic E-state index is -0.754. The lowest BCUT2D eigenvalue weighted by Crippen LogP contribution is -2.50. The smallest absolute Gasteiger partial charge is 0.323 e. The summed E-state index contributed by atoms with van der Waals surface area (Å²) in [6.45, 7) is 6.31. The molecule has 3 fully saturated rings. The van der Waals surface area contributed by atoms with E-state index in [1.165, 1.54) is 0 Å². The molecule has 2 saturated heterocycles. The van der Waals surface area contributed by atoms with Crippen LogP contribution in [0.4, 0.5) is 0 Å². The molecule has 3 heterocycles. The Balaban J connectivity index is 0.00000181. The molecular weight excluding hydrogens is 459 g/mol. The number of hydrogen-bond donors (Lipinski definition) is 2. The lowest BCUT2D eigenvalue weighted by molar-refractivity contribution is -0.149. The van der Waals surface area contributed by atoms with Crippen LogP contribution in [0, 0.1) is 24.7 Å². The Hall–Kier alpha value is -1.49. The Morgan fingerprint density at radius 3 is 2.62 bits per heavy atom. The van der Waals surface area contributed by atoms with Gasteiger partial charge in [-0.05, 0) is 75.5 Å². The molecule has 12 heteroatoms.